The number of pyridine rings is 1. The van der Waals surface area contributed by atoms with E-state index in [0.29, 0.717) is 16.8 Å². The van der Waals surface area contributed by atoms with Crippen molar-refractivity contribution in [1.82, 2.24) is 4.98 Å². The van der Waals surface area contributed by atoms with Crippen LogP contribution in [0.2, 0.25) is 0 Å². The van der Waals surface area contributed by atoms with Crippen LogP contribution < -0.4 is 5.32 Å². The third-order valence-electron chi connectivity index (χ3n) is 4.79. The van der Waals surface area contributed by atoms with Crippen molar-refractivity contribution in [1.29, 1.82) is 0 Å². The normalized spacial score (nSPS) is 12.1. The highest BCUT2D eigenvalue weighted by Gasteiger charge is 2.24. The second-order valence-corrected chi connectivity index (χ2v) is 7.88. The molecular formula is C22H19N3O3S. The van der Waals surface area contributed by atoms with Crippen molar-refractivity contribution in [3.05, 3.63) is 91.8 Å². The van der Waals surface area contributed by atoms with Crippen LogP contribution in [0, 0.1) is 24.0 Å². The number of thiophene rings is 1. The second kappa shape index (κ2) is 7.52. The molecule has 0 fully saturated rings. The fourth-order valence-electron chi connectivity index (χ4n) is 3.35. The molecule has 2 heterocycles. The van der Waals surface area contributed by atoms with Crippen molar-refractivity contribution in [2.45, 2.75) is 19.9 Å². The van der Waals surface area contributed by atoms with Gasteiger partial charge in [-0.3, -0.25) is 10.1 Å². The van der Waals surface area contributed by atoms with E-state index < -0.39 is 11.0 Å². The Labute approximate surface area is 171 Å². The van der Waals surface area contributed by atoms with Gasteiger partial charge in [-0.15, -0.1) is 11.3 Å². The number of anilines is 1. The van der Waals surface area contributed by atoms with Gasteiger partial charge in [-0.05, 0) is 43.0 Å². The molecule has 7 heteroatoms. The van der Waals surface area contributed by atoms with Crippen LogP contribution in [0.1, 0.15) is 27.7 Å². The van der Waals surface area contributed by atoms with Crippen LogP contribution in [0.5, 0.6) is 5.75 Å². The summed E-state index contributed by atoms with van der Waals surface area (Å²) in [6.45, 7) is 3.69. The molecule has 4 rings (SSSR count). The van der Waals surface area contributed by atoms with Crippen LogP contribution in [-0.4, -0.2) is 15.0 Å². The van der Waals surface area contributed by atoms with E-state index in [4.69, 9.17) is 0 Å². The number of nitro groups is 1. The maximum atomic E-state index is 11.6. The molecule has 0 spiro atoms. The number of nitrogens with zero attached hydrogens (tertiary/aromatic N) is 2. The fraction of sp³-hybridized carbons (Fsp3) is 0.136. The van der Waals surface area contributed by atoms with E-state index in [1.54, 1.807) is 12.1 Å². The number of nitro benzene ring substituents is 1. The molecule has 1 atom stereocenters. The van der Waals surface area contributed by atoms with Gasteiger partial charge in [0.1, 0.15) is 17.0 Å². The summed E-state index contributed by atoms with van der Waals surface area (Å²) in [5.41, 5.74) is 3.15. The number of aromatic hydroxyl groups is 1. The minimum atomic E-state index is -0.455. The summed E-state index contributed by atoms with van der Waals surface area (Å²) >= 11 is 1.52. The minimum Gasteiger partial charge on any atom is -0.505 e. The van der Waals surface area contributed by atoms with Crippen LogP contribution >= 0.6 is 11.3 Å². The van der Waals surface area contributed by atoms with Gasteiger partial charge in [0, 0.05) is 27.6 Å². The van der Waals surface area contributed by atoms with Gasteiger partial charge in [0.05, 0.1) is 11.0 Å². The van der Waals surface area contributed by atoms with Crippen molar-refractivity contribution in [2.24, 2.45) is 0 Å². The molecule has 0 aliphatic rings. The molecule has 146 valence electrons. The number of hydrogen-bond acceptors (Lipinski definition) is 6. The molecule has 0 aliphatic carbocycles. The first-order valence-electron chi connectivity index (χ1n) is 9.08. The van der Waals surface area contributed by atoms with E-state index in [9.17, 15) is 15.2 Å². The molecule has 2 N–H and O–H groups in total. The average molecular weight is 405 g/mol. The summed E-state index contributed by atoms with van der Waals surface area (Å²) in [5, 5.41) is 28.6. The van der Waals surface area contributed by atoms with Crippen molar-refractivity contribution < 1.29 is 10.0 Å². The predicted molar refractivity (Wildman–Crippen MR) is 116 cm³/mol. The van der Waals surface area contributed by atoms with Gasteiger partial charge in [0.15, 0.2) is 0 Å². The maximum absolute atomic E-state index is 11.6. The Hall–Kier alpha value is -3.45. The summed E-state index contributed by atoms with van der Waals surface area (Å²) in [7, 11) is 0. The first kappa shape index (κ1) is 18.9. The molecule has 2 aromatic heterocycles. The van der Waals surface area contributed by atoms with Crippen LogP contribution in [0.4, 0.5) is 11.4 Å². The van der Waals surface area contributed by atoms with Gasteiger partial charge in [-0.1, -0.05) is 30.3 Å². The number of phenols is 1. The minimum absolute atomic E-state index is 0.000745. The molecule has 0 radical (unpaired) electrons. The Balaban J connectivity index is 1.86. The van der Waals surface area contributed by atoms with E-state index >= 15 is 0 Å². The Morgan fingerprint density at radius 3 is 2.66 bits per heavy atom. The largest absolute Gasteiger partial charge is 0.505 e. The number of aryl methyl sites for hydroxylation is 2. The quantitative estimate of drug-likeness (QED) is 0.327. The number of rotatable bonds is 5. The molecule has 0 aliphatic heterocycles. The third kappa shape index (κ3) is 3.64. The highest BCUT2D eigenvalue weighted by atomic mass is 32.1. The zero-order chi connectivity index (χ0) is 20.5. The Morgan fingerprint density at radius 2 is 1.93 bits per heavy atom. The zero-order valence-electron chi connectivity index (χ0n) is 15.9. The lowest BCUT2D eigenvalue weighted by Gasteiger charge is -2.21. The summed E-state index contributed by atoms with van der Waals surface area (Å²) in [6, 6.07) is 16.0. The number of nitrogens with one attached hydrogen (secondary N) is 1. The van der Waals surface area contributed by atoms with Crippen molar-refractivity contribution in [2.75, 3.05) is 5.32 Å². The third-order valence-corrected chi connectivity index (χ3v) is 5.73. The van der Waals surface area contributed by atoms with E-state index in [0.717, 1.165) is 21.5 Å². The first-order chi connectivity index (χ1) is 13.9. The van der Waals surface area contributed by atoms with Gasteiger partial charge < -0.3 is 10.4 Å². The van der Waals surface area contributed by atoms with Gasteiger partial charge in [0.25, 0.3) is 5.69 Å². The summed E-state index contributed by atoms with van der Waals surface area (Å²) < 4.78 is 0. The van der Waals surface area contributed by atoms with Gasteiger partial charge in [0.2, 0.25) is 0 Å². The monoisotopic (exact) mass is 405 g/mol. The fourth-order valence-corrected chi connectivity index (χ4v) is 4.14. The van der Waals surface area contributed by atoms with Crippen molar-refractivity contribution >= 4 is 33.6 Å². The average Bonchev–Trinajstić information content (AvgIpc) is 3.22. The molecule has 0 amide bonds. The summed E-state index contributed by atoms with van der Waals surface area (Å²) in [6.07, 6.45) is 0. The highest BCUT2D eigenvalue weighted by Crippen LogP contribution is 2.39. The summed E-state index contributed by atoms with van der Waals surface area (Å²) in [5.74, 6) is 0.0758. The van der Waals surface area contributed by atoms with Gasteiger partial charge in [-0.25, -0.2) is 4.98 Å². The SMILES string of the molecule is Cc1ccc(NC(c2cccs2)c2ccc3ccc(C)nc3c2O)c([N+](=O)[O-])c1. The maximum Gasteiger partial charge on any atom is 0.292 e. The molecule has 1 unspecified atom stereocenters. The lowest BCUT2D eigenvalue weighted by atomic mass is 10.0. The Morgan fingerprint density at radius 1 is 1.14 bits per heavy atom. The van der Waals surface area contributed by atoms with Crippen LogP contribution in [-0.2, 0) is 0 Å². The van der Waals surface area contributed by atoms with E-state index in [-0.39, 0.29) is 11.4 Å². The van der Waals surface area contributed by atoms with Gasteiger partial charge >= 0.3 is 0 Å². The first-order valence-corrected chi connectivity index (χ1v) is 9.96. The van der Waals surface area contributed by atoms with Crippen LogP contribution in [0.3, 0.4) is 0 Å². The molecule has 29 heavy (non-hydrogen) atoms. The molecule has 0 saturated heterocycles. The Kier molecular flexibility index (Phi) is 4.90. The molecular weight excluding hydrogens is 386 g/mol. The number of aromatic nitrogens is 1. The van der Waals surface area contributed by atoms with E-state index in [2.05, 4.69) is 10.3 Å². The highest BCUT2D eigenvalue weighted by molar-refractivity contribution is 7.10. The summed E-state index contributed by atoms with van der Waals surface area (Å²) in [4.78, 5) is 16.6. The standard InChI is InChI=1S/C22H19N3O3S/c1-13-5-10-17(18(12-13)25(27)28)24-21(19-4-3-11-29-19)16-9-8-15-7-6-14(2)23-20(15)22(16)26/h3-12,21,24,26H,1-2H3. The molecule has 2 aromatic carbocycles. The van der Waals surface area contributed by atoms with Crippen molar-refractivity contribution in [3.8, 4) is 5.75 Å². The second-order valence-electron chi connectivity index (χ2n) is 6.90. The Bertz CT molecular complexity index is 1210. The smallest absolute Gasteiger partial charge is 0.292 e. The number of fused-ring (bicyclic) bond motifs is 1. The number of phenolic OH excluding ortho intramolecular Hbond substituents is 1. The predicted octanol–water partition coefficient (Wildman–Crippen LogP) is 5.73. The topological polar surface area (TPSA) is 88.3 Å². The molecule has 6 nitrogen and oxygen atoms in total. The number of benzene rings is 2. The lowest BCUT2D eigenvalue weighted by molar-refractivity contribution is -0.384. The molecule has 4 aromatic rings. The van der Waals surface area contributed by atoms with Crippen molar-refractivity contribution in [3.63, 3.8) is 0 Å². The van der Waals surface area contributed by atoms with Crippen LogP contribution in [0.15, 0.2) is 60.0 Å². The number of hydrogen-bond donors (Lipinski definition) is 2. The van der Waals surface area contributed by atoms with E-state index in [1.807, 2.05) is 61.7 Å². The van der Waals surface area contributed by atoms with Crippen LogP contribution in [0.25, 0.3) is 10.9 Å². The van der Waals surface area contributed by atoms with Gasteiger partial charge in [-0.2, -0.15) is 0 Å². The van der Waals surface area contributed by atoms with E-state index in [1.165, 1.54) is 11.3 Å². The molecule has 0 bridgehead atoms. The lowest BCUT2D eigenvalue weighted by Crippen LogP contribution is -2.13. The zero-order valence-corrected chi connectivity index (χ0v) is 16.7. The molecule has 0 saturated carbocycles.